The van der Waals surface area contributed by atoms with Crippen LogP contribution in [0.15, 0.2) is 231 Å². The molecule has 0 aliphatic heterocycles. The zero-order chi connectivity index (χ0) is 41.0. The van der Waals surface area contributed by atoms with Crippen molar-refractivity contribution < 1.29 is 0 Å². The maximum atomic E-state index is 5.50. The van der Waals surface area contributed by atoms with Crippen molar-refractivity contribution in [2.45, 2.75) is 5.41 Å². The Morgan fingerprint density at radius 2 is 0.871 bits per heavy atom. The molecule has 1 aliphatic carbocycles. The van der Waals surface area contributed by atoms with Crippen LogP contribution in [-0.2, 0) is 5.41 Å². The Morgan fingerprint density at radius 3 is 1.61 bits per heavy atom. The van der Waals surface area contributed by atoms with Gasteiger partial charge >= 0.3 is 0 Å². The molecule has 1 aliphatic rings. The molecule has 0 bridgehead atoms. The van der Waals surface area contributed by atoms with E-state index in [0.717, 1.165) is 44.8 Å². The van der Waals surface area contributed by atoms with E-state index in [1.807, 2.05) is 17.4 Å². The molecular weight excluding hydrogens is 769 g/mol. The first-order valence-electron chi connectivity index (χ1n) is 21.1. The number of thiophene rings is 1. The second kappa shape index (κ2) is 14.8. The van der Waals surface area contributed by atoms with Gasteiger partial charge in [-0.2, -0.15) is 0 Å². The second-order valence-corrected chi connectivity index (χ2v) is 17.1. The molecule has 0 saturated heterocycles. The molecule has 0 N–H and O–H groups in total. The number of hydrogen-bond donors (Lipinski definition) is 0. The summed E-state index contributed by atoms with van der Waals surface area (Å²) in [5.74, 6) is 0.689. The summed E-state index contributed by atoms with van der Waals surface area (Å²) in [6.07, 6.45) is 0. The van der Waals surface area contributed by atoms with E-state index in [1.54, 1.807) is 0 Å². The van der Waals surface area contributed by atoms with Crippen molar-refractivity contribution >= 4 is 31.5 Å². The van der Waals surface area contributed by atoms with Crippen LogP contribution < -0.4 is 0 Å². The highest BCUT2D eigenvalue weighted by Gasteiger charge is 2.47. The summed E-state index contributed by atoms with van der Waals surface area (Å²) in [5.41, 5.74) is 16.3. The summed E-state index contributed by atoms with van der Waals surface area (Å²) in [5, 5.41) is 2.58. The van der Waals surface area contributed by atoms with Crippen LogP contribution in [0.1, 0.15) is 22.3 Å². The molecule has 2 aromatic heterocycles. The number of nitrogens with zero attached hydrogens (tertiary/aromatic N) is 2. The topological polar surface area (TPSA) is 25.8 Å². The highest BCUT2D eigenvalue weighted by molar-refractivity contribution is 7.25. The number of rotatable bonds is 7. The van der Waals surface area contributed by atoms with Gasteiger partial charge < -0.3 is 0 Å². The molecule has 290 valence electrons. The molecular formula is C59H38N2S. The zero-order valence-corrected chi connectivity index (χ0v) is 34.6. The third kappa shape index (κ3) is 5.85. The van der Waals surface area contributed by atoms with Crippen molar-refractivity contribution in [3.8, 4) is 67.3 Å². The molecule has 0 atom stereocenters. The first kappa shape index (κ1) is 36.2. The molecule has 0 saturated carbocycles. The Labute approximate surface area is 365 Å². The van der Waals surface area contributed by atoms with E-state index < -0.39 is 5.41 Å². The molecule has 11 aromatic rings. The fourth-order valence-electron chi connectivity index (χ4n) is 9.81. The Kier molecular flexibility index (Phi) is 8.62. The summed E-state index contributed by atoms with van der Waals surface area (Å²) in [6, 6.07) is 83.5. The van der Waals surface area contributed by atoms with Gasteiger partial charge in [0.25, 0.3) is 0 Å². The summed E-state index contributed by atoms with van der Waals surface area (Å²) in [7, 11) is 0. The molecule has 0 unspecified atom stereocenters. The lowest BCUT2D eigenvalue weighted by Crippen LogP contribution is -2.29. The van der Waals surface area contributed by atoms with Crippen LogP contribution >= 0.6 is 11.3 Å². The van der Waals surface area contributed by atoms with Crippen LogP contribution in [0.3, 0.4) is 0 Å². The van der Waals surface area contributed by atoms with E-state index >= 15 is 0 Å². The normalized spacial score (nSPS) is 12.6. The van der Waals surface area contributed by atoms with Gasteiger partial charge in [-0.1, -0.05) is 188 Å². The Morgan fingerprint density at radius 1 is 0.323 bits per heavy atom. The highest BCUT2D eigenvalue weighted by Crippen LogP contribution is 2.58. The first-order valence-corrected chi connectivity index (χ1v) is 22.0. The fourth-order valence-corrected chi connectivity index (χ4v) is 10.9. The minimum absolute atomic E-state index is 0.589. The predicted octanol–water partition coefficient (Wildman–Crippen LogP) is 15.5. The monoisotopic (exact) mass is 806 g/mol. The lowest BCUT2D eigenvalue weighted by atomic mass is 9.66. The number of hydrogen-bond acceptors (Lipinski definition) is 3. The predicted molar refractivity (Wildman–Crippen MR) is 259 cm³/mol. The van der Waals surface area contributed by atoms with Gasteiger partial charge in [-0.05, 0) is 98.1 Å². The summed E-state index contributed by atoms with van der Waals surface area (Å²) in [6.45, 7) is 0. The minimum atomic E-state index is -0.589. The molecule has 0 fully saturated rings. The Hall–Kier alpha value is -7.72. The van der Waals surface area contributed by atoms with Crippen LogP contribution in [-0.4, -0.2) is 9.97 Å². The van der Waals surface area contributed by atoms with E-state index in [1.165, 1.54) is 59.1 Å². The van der Waals surface area contributed by atoms with Gasteiger partial charge in [0.15, 0.2) is 5.82 Å². The van der Waals surface area contributed by atoms with Gasteiger partial charge in [0.05, 0.1) is 16.8 Å². The number of aromatic nitrogens is 2. The van der Waals surface area contributed by atoms with Crippen LogP contribution in [0.5, 0.6) is 0 Å². The van der Waals surface area contributed by atoms with Gasteiger partial charge in [0, 0.05) is 36.9 Å². The first-order chi connectivity index (χ1) is 30.7. The van der Waals surface area contributed by atoms with Crippen LogP contribution in [0.4, 0.5) is 0 Å². The van der Waals surface area contributed by atoms with E-state index in [2.05, 4.69) is 224 Å². The van der Waals surface area contributed by atoms with Gasteiger partial charge in [0.1, 0.15) is 0 Å². The van der Waals surface area contributed by atoms with Crippen LogP contribution in [0.2, 0.25) is 0 Å². The van der Waals surface area contributed by atoms with Crippen LogP contribution in [0.25, 0.3) is 87.5 Å². The van der Waals surface area contributed by atoms with Crippen molar-refractivity contribution in [3.05, 3.63) is 253 Å². The van der Waals surface area contributed by atoms with Gasteiger partial charge in [0.2, 0.25) is 0 Å². The van der Waals surface area contributed by atoms with Gasteiger partial charge in [-0.25, -0.2) is 9.97 Å². The largest absolute Gasteiger partial charge is 0.228 e. The molecule has 9 aromatic carbocycles. The van der Waals surface area contributed by atoms with Crippen molar-refractivity contribution in [1.82, 2.24) is 9.97 Å². The van der Waals surface area contributed by atoms with E-state index in [-0.39, 0.29) is 0 Å². The molecule has 2 nitrogen and oxygen atoms in total. The van der Waals surface area contributed by atoms with E-state index in [4.69, 9.17) is 9.97 Å². The molecule has 0 radical (unpaired) electrons. The van der Waals surface area contributed by atoms with E-state index in [0.29, 0.717) is 5.82 Å². The maximum Gasteiger partial charge on any atom is 0.160 e. The van der Waals surface area contributed by atoms with Gasteiger partial charge in [-0.3, -0.25) is 0 Å². The smallest absolute Gasteiger partial charge is 0.160 e. The van der Waals surface area contributed by atoms with Crippen molar-refractivity contribution in [3.63, 3.8) is 0 Å². The molecule has 3 heteroatoms. The minimum Gasteiger partial charge on any atom is -0.228 e. The average Bonchev–Trinajstić information content (AvgIpc) is 3.88. The third-order valence-electron chi connectivity index (χ3n) is 12.6. The lowest BCUT2D eigenvalue weighted by Gasteiger charge is -2.35. The standard InChI is InChI=1S/C59H38N2S/c1-5-18-39(19-6-1)42-34-43(41-32-33-56-51(37-41)48-27-14-16-31-55(48)62-56)36-44(35-42)53-38-54(61-58(60-53)40-20-7-2-8-21-40)50-29-17-28-49-47-26-13-15-30-52(47)59(57(49)50,45-22-9-3-10-23-45)46-24-11-4-12-25-46/h1-38H. The van der Waals surface area contributed by atoms with Crippen LogP contribution in [0, 0.1) is 0 Å². The molecule has 62 heavy (non-hydrogen) atoms. The Balaban J connectivity index is 1.13. The highest BCUT2D eigenvalue weighted by atomic mass is 32.1. The number of benzene rings is 9. The third-order valence-corrected chi connectivity index (χ3v) is 13.7. The Bertz CT molecular complexity index is 3410. The quantitative estimate of drug-likeness (QED) is 0.160. The van der Waals surface area contributed by atoms with E-state index in [9.17, 15) is 0 Å². The second-order valence-electron chi connectivity index (χ2n) is 16.1. The summed E-state index contributed by atoms with van der Waals surface area (Å²) in [4.78, 5) is 10.9. The molecule has 2 heterocycles. The fraction of sp³-hybridized carbons (Fsp3) is 0.0169. The molecule has 12 rings (SSSR count). The number of fused-ring (bicyclic) bond motifs is 6. The maximum absolute atomic E-state index is 5.50. The SMILES string of the molecule is c1ccc(-c2cc(-c3ccc4sc5ccccc5c4c3)cc(-c3cc(-c4cccc5c4C(c4ccccc4)(c4ccccc4)c4ccccc4-5)nc(-c4ccccc4)n3)c2)cc1. The summed E-state index contributed by atoms with van der Waals surface area (Å²) >= 11 is 1.85. The van der Waals surface area contributed by atoms with Crippen molar-refractivity contribution in [1.29, 1.82) is 0 Å². The average molecular weight is 807 g/mol. The van der Waals surface area contributed by atoms with Gasteiger partial charge in [-0.15, -0.1) is 11.3 Å². The molecule has 0 amide bonds. The van der Waals surface area contributed by atoms with Crippen molar-refractivity contribution in [2.24, 2.45) is 0 Å². The molecule has 0 spiro atoms. The lowest BCUT2D eigenvalue weighted by molar-refractivity contribution is 0.769. The summed E-state index contributed by atoms with van der Waals surface area (Å²) < 4.78 is 2.60. The van der Waals surface area contributed by atoms with Crippen molar-refractivity contribution in [2.75, 3.05) is 0 Å². The zero-order valence-electron chi connectivity index (χ0n) is 33.7.